The Morgan fingerprint density at radius 2 is 2.11 bits per heavy atom. The largest absolute Gasteiger partial charge is 0.367 e. The van der Waals surface area contributed by atoms with Crippen molar-refractivity contribution in [3.05, 3.63) is 29.0 Å². The number of anilines is 1. The predicted octanol–water partition coefficient (Wildman–Crippen LogP) is 4.39. The van der Waals surface area contributed by atoms with Crippen LogP contribution in [0, 0.1) is 0 Å². The van der Waals surface area contributed by atoms with Crippen LogP contribution in [-0.2, 0) is 0 Å². The van der Waals surface area contributed by atoms with Crippen molar-refractivity contribution < 1.29 is 0 Å². The standard InChI is InChI=1S/C14H17Br2N3/c1-10(2)19(7-3-5-15)13-4-6-17-12-8-11(16)9-18-14(12)13/h4,6,8-10H,3,5,7H2,1-2H3. The first kappa shape index (κ1) is 14.7. The highest BCUT2D eigenvalue weighted by Crippen LogP contribution is 2.27. The number of nitrogens with zero attached hydrogens (tertiary/aromatic N) is 3. The number of halogens is 2. The molecule has 0 unspecified atom stereocenters. The van der Waals surface area contributed by atoms with E-state index < -0.39 is 0 Å². The third-order valence-corrected chi connectivity index (χ3v) is 3.98. The van der Waals surface area contributed by atoms with Gasteiger partial charge in [0.05, 0.1) is 11.2 Å². The van der Waals surface area contributed by atoms with Gasteiger partial charge < -0.3 is 4.90 Å². The molecule has 2 heterocycles. The zero-order valence-electron chi connectivity index (χ0n) is 11.1. The molecule has 2 aromatic rings. The van der Waals surface area contributed by atoms with E-state index in [1.165, 1.54) is 0 Å². The fourth-order valence-electron chi connectivity index (χ4n) is 2.11. The summed E-state index contributed by atoms with van der Waals surface area (Å²) >= 11 is 6.94. The number of rotatable bonds is 5. The minimum atomic E-state index is 0.440. The van der Waals surface area contributed by atoms with Gasteiger partial charge in [0.25, 0.3) is 0 Å². The average Bonchev–Trinajstić information content (AvgIpc) is 2.38. The summed E-state index contributed by atoms with van der Waals surface area (Å²) in [5.41, 5.74) is 3.05. The molecule has 0 aliphatic heterocycles. The van der Waals surface area contributed by atoms with E-state index in [1.54, 1.807) is 0 Å². The average molecular weight is 387 g/mol. The molecule has 0 spiro atoms. The van der Waals surface area contributed by atoms with Gasteiger partial charge in [0, 0.05) is 34.8 Å². The Bertz CT molecular complexity index is 557. The first-order chi connectivity index (χ1) is 9.13. The summed E-state index contributed by atoms with van der Waals surface area (Å²) in [7, 11) is 0. The van der Waals surface area contributed by atoms with Gasteiger partial charge in [-0.1, -0.05) is 15.9 Å². The predicted molar refractivity (Wildman–Crippen MR) is 88.1 cm³/mol. The van der Waals surface area contributed by atoms with E-state index in [1.807, 2.05) is 18.5 Å². The molecule has 0 radical (unpaired) electrons. The van der Waals surface area contributed by atoms with Crippen molar-refractivity contribution in [3.8, 4) is 0 Å². The van der Waals surface area contributed by atoms with Gasteiger partial charge in [0.2, 0.25) is 0 Å². The molecule has 0 aromatic carbocycles. The second kappa shape index (κ2) is 6.66. The lowest BCUT2D eigenvalue weighted by molar-refractivity contribution is 0.676. The summed E-state index contributed by atoms with van der Waals surface area (Å²) < 4.78 is 0.959. The molecular formula is C14H17Br2N3. The summed E-state index contributed by atoms with van der Waals surface area (Å²) in [6, 6.07) is 4.50. The molecule has 19 heavy (non-hydrogen) atoms. The maximum absolute atomic E-state index is 4.53. The van der Waals surface area contributed by atoms with E-state index in [9.17, 15) is 0 Å². The molecule has 0 aliphatic carbocycles. The van der Waals surface area contributed by atoms with Gasteiger partial charge in [-0.25, -0.2) is 0 Å². The number of hydrogen-bond donors (Lipinski definition) is 0. The Hall–Kier alpha value is -0.680. The molecule has 0 bridgehead atoms. The summed E-state index contributed by atoms with van der Waals surface area (Å²) in [4.78, 5) is 11.3. The molecule has 5 heteroatoms. The first-order valence-corrected chi connectivity index (χ1v) is 8.28. The fraction of sp³-hybridized carbons (Fsp3) is 0.429. The monoisotopic (exact) mass is 385 g/mol. The summed E-state index contributed by atoms with van der Waals surface area (Å²) in [6.45, 7) is 5.43. The van der Waals surface area contributed by atoms with E-state index in [0.29, 0.717) is 6.04 Å². The van der Waals surface area contributed by atoms with E-state index in [4.69, 9.17) is 0 Å². The molecule has 0 saturated heterocycles. The van der Waals surface area contributed by atoms with Crippen LogP contribution in [0.15, 0.2) is 29.0 Å². The molecule has 0 aliphatic rings. The highest BCUT2D eigenvalue weighted by atomic mass is 79.9. The van der Waals surface area contributed by atoms with Gasteiger partial charge in [-0.15, -0.1) is 0 Å². The third kappa shape index (κ3) is 3.45. The van der Waals surface area contributed by atoms with Crippen molar-refractivity contribution in [1.29, 1.82) is 0 Å². The minimum Gasteiger partial charge on any atom is -0.367 e. The van der Waals surface area contributed by atoms with E-state index >= 15 is 0 Å². The van der Waals surface area contributed by atoms with Crippen molar-refractivity contribution in [2.24, 2.45) is 0 Å². The SMILES string of the molecule is CC(C)N(CCCBr)c1ccnc2cc(Br)cnc12. The van der Waals surface area contributed by atoms with Crippen LogP contribution in [0.1, 0.15) is 20.3 Å². The Morgan fingerprint density at radius 3 is 2.79 bits per heavy atom. The Morgan fingerprint density at radius 1 is 1.32 bits per heavy atom. The van der Waals surface area contributed by atoms with Crippen LogP contribution in [0.2, 0.25) is 0 Å². The summed E-state index contributed by atoms with van der Waals surface area (Å²) in [6.07, 6.45) is 4.80. The third-order valence-electron chi connectivity index (χ3n) is 2.99. The number of fused-ring (bicyclic) bond motifs is 1. The molecule has 0 N–H and O–H groups in total. The quantitative estimate of drug-likeness (QED) is 0.713. The number of aromatic nitrogens is 2. The molecule has 0 fully saturated rings. The van der Waals surface area contributed by atoms with Crippen LogP contribution in [-0.4, -0.2) is 27.9 Å². The minimum absolute atomic E-state index is 0.440. The molecule has 3 nitrogen and oxygen atoms in total. The fourth-order valence-corrected chi connectivity index (χ4v) is 2.68. The Balaban J connectivity index is 2.47. The van der Waals surface area contributed by atoms with Crippen LogP contribution in [0.4, 0.5) is 5.69 Å². The van der Waals surface area contributed by atoms with Crippen LogP contribution < -0.4 is 4.90 Å². The Labute approximate surface area is 130 Å². The van der Waals surface area contributed by atoms with Crippen LogP contribution in [0.3, 0.4) is 0 Å². The number of hydrogen-bond acceptors (Lipinski definition) is 3. The molecular weight excluding hydrogens is 370 g/mol. The van der Waals surface area contributed by atoms with Crippen molar-refractivity contribution in [2.75, 3.05) is 16.8 Å². The van der Waals surface area contributed by atoms with Gasteiger partial charge in [-0.2, -0.15) is 0 Å². The lowest BCUT2D eigenvalue weighted by atomic mass is 10.2. The molecule has 0 saturated carbocycles. The highest BCUT2D eigenvalue weighted by Gasteiger charge is 2.14. The number of pyridine rings is 2. The maximum Gasteiger partial charge on any atom is 0.112 e. The van der Waals surface area contributed by atoms with Crippen LogP contribution in [0.25, 0.3) is 11.0 Å². The second-order valence-corrected chi connectivity index (χ2v) is 6.39. The van der Waals surface area contributed by atoms with Crippen molar-refractivity contribution >= 4 is 48.6 Å². The van der Waals surface area contributed by atoms with E-state index in [2.05, 4.69) is 66.6 Å². The maximum atomic E-state index is 4.53. The molecule has 0 amide bonds. The Kier molecular flexibility index (Phi) is 5.16. The zero-order chi connectivity index (χ0) is 13.8. The lowest BCUT2D eigenvalue weighted by Crippen LogP contribution is -2.32. The summed E-state index contributed by atoms with van der Waals surface area (Å²) in [5.74, 6) is 0. The van der Waals surface area contributed by atoms with Gasteiger partial charge in [0.1, 0.15) is 5.52 Å². The van der Waals surface area contributed by atoms with Gasteiger partial charge in [-0.3, -0.25) is 9.97 Å². The molecule has 102 valence electrons. The zero-order valence-corrected chi connectivity index (χ0v) is 14.3. The molecule has 2 rings (SSSR count). The van der Waals surface area contributed by atoms with Gasteiger partial charge in [-0.05, 0) is 48.3 Å². The topological polar surface area (TPSA) is 29.0 Å². The van der Waals surface area contributed by atoms with Crippen LogP contribution >= 0.6 is 31.9 Å². The summed E-state index contributed by atoms with van der Waals surface area (Å²) in [5, 5.41) is 1.01. The molecule has 2 aromatic heterocycles. The van der Waals surface area contributed by atoms with Gasteiger partial charge >= 0.3 is 0 Å². The lowest BCUT2D eigenvalue weighted by Gasteiger charge is -2.29. The first-order valence-electron chi connectivity index (χ1n) is 6.36. The van der Waals surface area contributed by atoms with Gasteiger partial charge in [0.15, 0.2) is 0 Å². The second-order valence-electron chi connectivity index (χ2n) is 4.68. The highest BCUT2D eigenvalue weighted by molar-refractivity contribution is 9.10. The van der Waals surface area contributed by atoms with E-state index in [0.717, 1.165) is 39.5 Å². The molecule has 0 atom stereocenters. The van der Waals surface area contributed by atoms with Crippen molar-refractivity contribution in [3.63, 3.8) is 0 Å². The van der Waals surface area contributed by atoms with Crippen LogP contribution in [0.5, 0.6) is 0 Å². The normalized spacial score (nSPS) is 11.2. The van der Waals surface area contributed by atoms with E-state index in [-0.39, 0.29) is 0 Å². The van der Waals surface area contributed by atoms with Crippen molar-refractivity contribution in [1.82, 2.24) is 9.97 Å². The van der Waals surface area contributed by atoms with Crippen molar-refractivity contribution in [2.45, 2.75) is 26.3 Å². The number of alkyl halides is 1. The smallest absolute Gasteiger partial charge is 0.112 e.